The molecule has 0 amide bonds. The van der Waals surface area contributed by atoms with E-state index in [0.29, 0.717) is 19.3 Å². The van der Waals surface area contributed by atoms with Gasteiger partial charge in [-0.05, 0) is 103 Å². The number of rotatable bonds is 63. The number of ether oxygens (including phenoxy) is 3. The van der Waals surface area contributed by atoms with E-state index in [1.54, 1.807) is 0 Å². The number of carbonyl (C=O) groups is 3. The fourth-order valence-corrected chi connectivity index (χ4v) is 9.82. The van der Waals surface area contributed by atoms with Gasteiger partial charge in [-0.3, -0.25) is 14.4 Å². The summed E-state index contributed by atoms with van der Waals surface area (Å²) in [5, 5.41) is 0. The number of esters is 3. The van der Waals surface area contributed by atoms with Gasteiger partial charge in [-0.15, -0.1) is 0 Å². The number of hydrogen-bond acceptors (Lipinski definition) is 6. The third-order valence-electron chi connectivity index (χ3n) is 15.0. The maximum absolute atomic E-state index is 12.9. The van der Waals surface area contributed by atoms with Crippen LogP contribution in [0.2, 0.25) is 0 Å². The van der Waals surface area contributed by atoms with Crippen LogP contribution < -0.4 is 0 Å². The minimum absolute atomic E-state index is 0.104. The molecule has 1 unspecified atom stereocenters. The van der Waals surface area contributed by atoms with Gasteiger partial charge >= 0.3 is 17.9 Å². The van der Waals surface area contributed by atoms with E-state index in [1.165, 1.54) is 173 Å². The highest BCUT2D eigenvalue weighted by molar-refractivity contribution is 5.71. The topological polar surface area (TPSA) is 78.9 Å². The van der Waals surface area contributed by atoms with Crippen molar-refractivity contribution in [2.45, 2.75) is 341 Å². The van der Waals surface area contributed by atoms with Crippen molar-refractivity contribution in [3.63, 3.8) is 0 Å². The summed E-state index contributed by atoms with van der Waals surface area (Å²) < 4.78 is 16.9. The van der Waals surface area contributed by atoms with Crippen LogP contribution in [0.4, 0.5) is 0 Å². The molecule has 0 heterocycles. The van der Waals surface area contributed by atoms with Crippen LogP contribution in [0.5, 0.6) is 0 Å². The molecule has 0 saturated carbocycles. The lowest BCUT2D eigenvalue weighted by molar-refractivity contribution is -0.167. The van der Waals surface area contributed by atoms with Crippen LogP contribution in [0.3, 0.4) is 0 Å². The summed E-state index contributed by atoms with van der Waals surface area (Å²) in [5.41, 5.74) is 0. The predicted octanol–water partition coefficient (Wildman–Crippen LogP) is 24.2. The molecule has 0 aliphatic carbocycles. The lowest BCUT2D eigenvalue weighted by atomic mass is 10.0. The molecule has 0 aliphatic rings. The highest BCUT2D eigenvalue weighted by Crippen LogP contribution is 2.17. The van der Waals surface area contributed by atoms with Gasteiger partial charge in [0.1, 0.15) is 13.2 Å². The minimum Gasteiger partial charge on any atom is -0.462 e. The van der Waals surface area contributed by atoms with Crippen molar-refractivity contribution in [2.24, 2.45) is 0 Å². The summed E-state index contributed by atoms with van der Waals surface area (Å²) in [6.45, 7) is 6.48. The van der Waals surface area contributed by atoms with Crippen molar-refractivity contribution in [2.75, 3.05) is 13.2 Å². The molecule has 0 aromatic heterocycles. The predicted molar refractivity (Wildman–Crippen MR) is 357 cm³/mol. The SMILES string of the molecule is CC/C=C\C/C=C\C/C=C\C/C=C\C/C=C\C/C=C\C/C=C\CCCC(=O)OC(COC(=O)CCCCCCC/C=C\C/C=C\CCCCC)COC(=O)CCCCCCCCCCCCCCCCCCCCCCCCCCCC. The molecule has 0 saturated heterocycles. The molecule has 0 rings (SSSR count). The average Bonchev–Trinajstić information content (AvgIpc) is 3.47. The quantitative estimate of drug-likeness (QED) is 0.0261. The first-order valence-electron chi connectivity index (χ1n) is 34.9. The molecule has 0 bridgehead atoms. The number of carbonyl (C=O) groups excluding carboxylic acids is 3. The Morgan fingerprint density at radius 2 is 0.488 bits per heavy atom. The van der Waals surface area contributed by atoms with Gasteiger partial charge in [0.25, 0.3) is 0 Å². The Kier molecular flexibility index (Phi) is 66.2. The molecule has 1 atom stereocenters. The zero-order valence-electron chi connectivity index (χ0n) is 54.0. The van der Waals surface area contributed by atoms with Crippen LogP contribution in [-0.4, -0.2) is 37.2 Å². The molecule has 0 N–H and O–H groups in total. The van der Waals surface area contributed by atoms with E-state index in [2.05, 4.69) is 130 Å². The van der Waals surface area contributed by atoms with Crippen molar-refractivity contribution in [3.05, 3.63) is 109 Å². The summed E-state index contributed by atoms with van der Waals surface area (Å²) in [6.07, 6.45) is 95.5. The molecule has 0 spiro atoms. The molecule has 470 valence electrons. The molecule has 0 radical (unpaired) electrons. The highest BCUT2D eigenvalue weighted by Gasteiger charge is 2.19. The lowest BCUT2D eigenvalue weighted by Gasteiger charge is -2.18. The standard InChI is InChI=1S/C76H130O6/c1-4-7-10-13-16-19-22-25-28-30-32-34-36-37-38-40-41-43-45-48-51-54-57-60-63-66-69-75(78)81-72-73(71-80-74(77)68-65-62-59-56-53-50-47-27-24-21-18-15-12-9-6-3)82-76(79)70-67-64-61-58-55-52-49-46-44-42-39-35-33-31-29-26-23-20-17-14-11-8-5-2/h8,11,17-18,20-21,26-27,29,33,35,42,44,47,49,52,58,61,73H,4-7,9-10,12-16,19,22-25,28,30-32,34,36-41,43,45-46,48,50-51,53-57,59-60,62-72H2,1-3H3/b11-8-,20-17-,21-18-,29-26-,35-33-,44-42-,47-27-,52-49-,61-58-. The molecular weight excluding hydrogens is 1010 g/mol. The fourth-order valence-electron chi connectivity index (χ4n) is 9.82. The van der Waals surface area contributed by atoms with Crippen LogP contribution >= 0.6 is 0 Å². The zero-order valence-corrected chi connectivity index (χ0v) is 54.0. The van der Waals surface area contributed by atoms with Gasteiger partial charge in [0.05, 0.1) is 0 Å². The Morgan fingerprint density at radius 3 is 0.805 bits per heavy atom. The van der Waals surface area contributed by atoms with Gasteiger partial charge < -0.3 is 14.2 Å². The van der Waals surface area contributed by atoms with Gasteiger partial charge in [-0.25, -0.2) is 0 Å². The molecule has 0 aliphatic heterocycles. The van der Waals surface area contributed by atoms with Crippen molar-refractivity contribution >= 4 is 17.9 Å². The molecule has 82 heavy (non-hydrogen) atoms. The zero-order chi connectivity index (χ0) is 59.2. The summed E-state index contributed by atoms with van der Waals surface area (Å²) in [4.78, 5) is 38.4. The van der Waals surface area contributed by atoms with Gasteiger partial charge in [-0.2, -0.15) is 0 Å². The lowest BCUT2D eigenvalue weighted by Crippen LogP contribution is -2.30. The molecule has 0 aromatic carbocycles. The molecule has 6 heteroatoms. The number of hydrogen-bond donors (Lipinski definition) is 0. The van der Waals surface area contributed by atoms with E-state index in [-0.39, 0.29) is 37.5 Å². The monoisotopic (exact) mass is 1140 g/mol. The first-order chi connectivity index (χ1) is 40.5. The van der Waals surface area contributed by atoms with E-state index in [4.69, 9.17) is 14.2 Å². The van der Waals surface area contributed by atoms with E-state index < -0.39 is 6.10 Å². The molecule has 0 fully saturated rings. The third kappa shape index (κ3) is 66.9. The van der Waals surface area contributed by atoms with Gasteiger partial charge in [0.2, 0.25) is 0 Å². The summed E-state index contributed by atoms with van der Waals surface area (Å²) in [6, 6.07) is 0. The van der Waals surface area contributed by atoms with Crippen molar-refractivity contribution < 1.29 is 28.6 Å². The van der Waals surface area contributed by atoms with Crippen LogP contribution in [0.1, 0.15) is 335 Å². The average molecular weight is 1140 g/mol. The number of unbranched alkanes of at least 4 members (excludes halogenated alkanes) is 34. The van der Waals surface area contributed by atoms with E-state index in [1.807, 2.05) is 0 Å². The summed E-state index contributed by atoms with van der Waals surface area (Å²) in [7, 11) is 0. The molecule has 6 nitrogen and oxygen atoms in total. The van der Waals surface area contributed by atoms with E-state index >= 15 is 0 Å². The fraction of sp³-hybridized carbons (Fsp3) is 0.724. The van der Waals surface area contributed by atoms with Crippen LogP contribution in [0.15, 0.2) is 109 Å². The smallest absolute Gasteiger partial charge is 0.306 e. The second kappa shape index (κ2) is 69.6. The van der Waals surface area contributed by atoms with Gasteiger partial charge in [0.15, 0.2) is 6.10 Å². The third-order valence-corrected chi connectivity index (χ3v) is 15.0. The van der Waals surface area contributed by atoms with Crippen LogP contribution in [0, 0.1) is 0 Å². The summed E-state index contributed by atoms with van der Waals surface area (Å²) >= 11 is 0. The Labute approximate surface area is 508 Å². The Hall–Kier alpha value is -3.93. The minimum atomic E-state index is -0.817. The van der Waals surface area contributed by atoms with Crippen molar-refractivity contribution in [1.82, 2.24) is 0 Å². The normalized spacial score (nSPS) is 12.8. The highest BCUT2D eigenvalue weighted by atomic mass is 16.6. The second-order valence-electron chi connectivity index (χ2n) is 23.1. The Morgan fingerprint density at radius 1 is 0.256 bits per heavy atom. The first-order valence-corrected chi connectivity index (χ1v) is 34.9. The van der Waals surface area contributed by atoms with Gasteiger partial charge in [-0.1, -0.05) is 323 Å². The first kappa shape index (κ1) is 78.1. The Bertz CT molecular complexity index is 1640. The largest absolute Gasteiger partial charge is 0.462 e. The maximum atomic E-state index is 12.9. The van der Waals surface area contributed by atoms with Crippen LogP contribution in [-0.2, 0) is 28.6 Å². The second-order valence-corrected chi connectivity index (χ2v) is 23.1. The summed E-state index contributed by atoms with van der Waals surface area (Å²) in [5.74, 6) is -0.967. The van der Waals surface area contributed by atoms with Gasteiger partial charge in [0, 0.05) is 19.3 Å². The van der Waals surface area contributed by atoms with Crippen molar-refractivity contribution in [1.29, 1.82) is 0 Å². The molecule has 0 aromatic rings. The van der Waals surface area contributed by atoms with E-state index in [0.717, 1.165) is 116 Å². The molecular formula is C76H130O6. The Balaban J connectivity index is 4.40. The number of allylic oxidation sites excluding steroid dienone is 18. The van der Waals surface area contributed by atoms with E-state index in [9.17, 15) is 14.4 Å². The van der Waals surface area contributed by atoms with Crippen molar-refractivity contribution in [3.8, 4) is 0 Å². The maximum Gasteiger partial charge on any atom is 0.306 e. The van der Waals surface area contributed by atoms with Crippen LogP contribution in [0.25, 0.3) is 0 Å².